The summed E-state index contributed by atoms with van der Waals surface area (Å²) in [5, 5.41) is 0. The van der Waals surface area contributed by atoms with Gasteiger partial charge in [-0.3, -0.25) is 0 Å². The van der Waals surface area contributed by atoms with Crippen molar-refractivity contribution in [2.45, 2.75) is 13.3 Å². The molecule has 0 radical (unpaired) electrons. The van der Waals surface area contributed by atoms with E-state index in [2.05, 4.69) is 19.7 Å². The van der Waals surface area contributed by atoms with Crippen LogP contribution in [0.1, 0.15) is 23.1 Å². The molecule has 0 aromatic carbocycles. The van der Waals surface area contributed by atoms with Crippen molar-refractivity contribution in [1.82, 2.24) is 15.0 Å². The lowest BCUT2D eigenvalue weighted by Gasteiger charge is -1.96. The van der Waals surface area contributed by atoms with Gasteiger partial charge >= 0.3 is 5.97 Å². The van der Waals surface area contributed by atoms with Gasteiger partial charge in [0.15, 0.2) is 5.65 Å². The number of esters is 1. The predicted molar refractivity (Wildman–Crippen MR) is 54.6 cm³/mol. The molecule has 2 heterocycles. The molecule has 0 unspecified atom stereocenters. The molecule has 0 saturated carbocycles. The van der Waals surface area contributed by atoms with E-state index in [4.69, 9.17) is 0 Å². The smallest absolute Gasteiger partial charge is 0.339 e. The van der Waals surface area contributed by atoms with Crippen molar-refractivity contribution in [2.24, 2.45) is 0 Å². The molecule has 2 rings (SSSR count). The number of pyridine rings is 1. The minimum atomic E-state index is -0.398. The lowest BCUT2D eigenvalue weighted by Crippen LogP contribution is -2.01. The quantitative estimate of drug-likeness (QED) is 0.750. The molecular weight excluding hydrogens is 194 g/mol. The summed E-state index contributed by atoms with van der Waals surface area (Å²) < 4.78 is 4.60. The zero-order valence-electron chi connectivity index (χ0n) is 8.57. The average Bonchev–Trinajstić information content (AvgIpc) is 2.69. The van der Waals surface area contributed by atoms with Crippen LogP contribution in [0, 0.1) is 0 Å². The van der Waals surface area contributed by atoms with E-state index < -0.39 is 5.97 Å². The molecule has 78 valence electrons. The largest absolute Gasteiger partial charge is 0.465 e. The van der Waals surface area contributed by atoms with Gasteiger partial charge < -0.3 is 9.72 Å². The molecule has 0 aliphatic carbocycles. The summed E-state index contributed by atoms with van der Waals surface area (Å²) in [5.41, 5.74) is 1.80. The van der Waals surface area contributed by atoms with Gasteiger partial charge in [-0.2, -0.15) is 0 Å². The Hall–Kier alpha value is -1.91. The standard InChI is InChI=1S/C10H11N3O2/c1-3-8-12-7-4-6(10(14)15-2)5-11-9(7)13-8/h4-5H,3H2,1-2H3,(H,11,12,13). The highest BCUT2D eigenvalue weighted by Gasteiger charge is 2.09. The van der Waals surface area contributed by atoms with Crippen molar-refractivity contribution in [1.29, 1.82) is 0 Å². The normalized spacial score (nSPS) is 10.5. The van der Waals surface area contributed by atoms with Gasteiger partial charge in [0, 0.05) is 12.6 Å². The second-order valence-corrected chi connectivity index (χ2v) is 3.12. The number of methoxy groups -OCH3 is 1. The Morgan fingerprint density at radius 2 is 2.40 bits per heavy atom. The van der Waals surface area contributed by atoms with Gasteiger partial charge in [-0.25, -0.2) is 14.8 Å². The summed E-state index contributed by atoms with van der Waals surface area (Å²) in [4.78, 5) is 22.7. The number of nitrogens with zero attached hydrogens (tertiary/aromatic N) is 2. The minimum Gasteiger partial charge on any atom is -0.465 e. The van der Waals surface area contributed by atoms with Crippen LogP contribution in [0.4, 0.5) is 0 Å². The maximum absolute atomic E-state index is 11.2. The lowest BCUT2D eigenvalue weighted by molar-refractivity contribution is 0.0600. The topological polar surface area (TPSA) is 67.9 Å². The van der Waals surface area contributed by atoms with Crippen LogP contribution in [0.15, 0.2) is 12.3 Å². The maximum atomic E-state index is 11.2. The Labute approximate surface area is 86.5 Å². The predicted octanol–water partition coefficient (Wildman–Crippen LogP) is 1.31. The van der Waals surface area contributed by atoms with Crippen LogP contribution in [-0.2, 0) is 11.2 Å². The first-order valence-electron chi connectivity index (χ1n) is 4.67. The Kier molecular flexibility index (Phi) is 2.37. The number of rotatable bonds is 2. The number of imidazole rings is 1. The van der Waals surface area contributed by atoms with E-state index in [1.165, 1.54) is 13.3 Å². The summed E-state index contributed by atoms with van der Waals surface area (Å²) in [7, 11) is 1.34. The van der Waals surface area contributed by atoms with Gasteiger partial charge in [-0.15, -0.1) is 0 Å². The Bertz CT molecular complexity index is 504. The number of aromatic amines is 1. The van der Waals surface area contributed by atoms with Crippen LogP contribution >= 0.6 is 0 Å². The molecule has 0 aliphatic heterocycles. The third-order valence-corrected chi connectivity index (χ3v) is 2.14. The fourth-order valence-electron chi connectivity index (χ4n) is 1.34. The Morgan fingerprint density at radius 3 is 3.07 bits per heavy atom. The SMILES string of the molecule is CCc1nc2cc(C(=O)OC)cnc2[nH]1. The summed E-state index contributed by atoms with van der Waals surface area (Å²) in [6, 6.07) is 1.67. The number of fused-ring (bicyclic) bond motifs is 1. The monoisotopic (exact) mass is 205 g/mol. The van der Waals surface area contributed by atoms with E-state index in [0.29, 0.717) is 16.7 Å². The zero-order chi connectivity index (χ0) is 10.8. The minimum absolute atomic E-state index is 0.398. The molecule has 0 saturated heterocycles. The fraction of sp³-hybridized carbons (Fsp3) is 0.300. The number of hydrogen-bond acceptors (Lipinski definition) is 4. The van der Waals surface area contributed by atoms with E-state index in [1.54, 1.807) is 6.07 Å². The maximum Gasteiger partial charge on any atom is 0.339 e. The second kappa shape index (κ2) is 3.68. The van der Waals surface area contributed by atoms with Crippen molar-refractivity contribution in [3.63, 3.8) is 0 Å². The van der Waals surface area contributed by atoms with Crippen molar-refractivity contribution < 1.29 is 9.53 Å². The molecule has 0 spiro atoms. The van der Waals surface area contributed by atoms with Crippen LogP contribution < -0.4 is 0 Å². The number of carbonyl (C=O) groups excluding carboxylic acids is 1. The van der Waals surface area contributed by atoms with Gasteiger partial charge in [0.05, 0.1) is 12.7 Å². The summed E-state index contributed by atoms with van der Waals surface area (Å²) >= 11 is 0. The Balaban J connectivity index is 2.50. The number of aromatic nitrogens is 3. The van der Waals surface area contributed by atoms with Crippen LogP contribution in [0.3, 0.4) is 0 Å². The molecular formula is C10H11N3O2. The van der Waals surface area contributed by atoms with Gasteiger partial charge in [0.2, 0.25) is 0 Å². The summed E-state index contributed by atoms with van der Waals surface area (Å²) in [5.74, 6) is 0.463. The molecule has 1 N–H and O–H groups in total. The lowest BCUT2D eigenvalue weighted by atomic mass is 10.3. The molecule has 0 bridgehead atoms. The Morgan fingerprint density at radius 1 is 1.60 bits per heavy atom. The third-order valence-electron chi connectivity index (χ3n) is 2.14. The molecule has 5 heteroatoms. The van der Waals surface area contributed by atoms with E-state index in [9.17, 15) is 4.79 Å². The number of carbonyl (C=O) groups is 1. The first-order chi connectivity index (χ1) is 7.24. The highest BCUT2D eigenvalue weighted by atomic mass is 16.5. The average molecular weight is 205 g/mol. The molecule has 0 atom stereocenters. The van der Waals surface area contributed by atoms with Gasteiger partial charge in [0.1, 0.15) is 11.3 Å². The zero-order valence-corrected chi connectivity index (χ0v) is 8.57. The molecule has 2 aromatic heterocycles. The summed E-state index contributed by atoms with van der Waals surface area (Å²) in [6.07, 6.45) is 2.29. The van der Waals surface area contributed by atoms with Crippen LogP contribution in [0.2, 0.25) is 0 Å². The van der Waals surface area contributed by atoms with Crippen molar-refractivity contribution >= 4 is 17.1 Å². The summed E-state index contributed by atoms with van der Waals surface area (Å²) in [6.45, 7) is 2.00. The van der Waals surface area contributed by atoms with E-state index in [1.807, 2.05) is 6.92 Å². The van der Waals surface area contributed by atoms with E-state index in [0.717, 1.165) is 12.2 Å². The van der Waals surface area contributed by atoms with Crippen molar-refractivity contribution in [2.75, 3.05) is 7.11 Å². The highest BCUT2D eigenvalue weighted by Crippen LogP contribution is 2.11. The first-order valence-corrected chi connectivity index (χ1v) is 4.67. The number of hydrogen-bond donors (Lipinski definition) is 1. The van der Waals surface area contributed by atoms with E-state index in [-0.39, 0.29) is 0 Å². The van der Waals surface area contributed by atoms with Gasteiger partial charge in [-0.1, -0.05) is 6.92 Å². The molecule has 0 amide bonds. The molecule has 0 fully saturated rings. The van der Waals surface area contributed by atoms with Gasteiger partial charge in [-0.05, 0) is 6.07 Å². The van der Waals surface area contributed by atoms with Crippen molar-refractivity contribution in [3.05, 3.63) is 23.7 Å². The fourth-order valence-corrected chi connectivity index (χ4v) is 1.34. The molecule has 15 heavy (non-hydrogen) atoms. The number of H-pyrrole nitrogens is 1. The number of nitrogens with one attached hydrogen (secondary N) is 1. The number of ether oxygens (including phenoxy) is 1. The highest BCUT2D eigenvalue weighted by molar-refractivity contribution is 5.92. The van der Waals surface area contributed by atoms with E-state index >= 15 is 0 Å². The van der Waals surface area contributed by atoms with Crippen LogP contribution in [-0.4, -0.2) is 28.0 Å². The third kappa shape index (κ3) is 1.68. The van der Waals surface area contributed by atoms with Crippen LogP contribution in [0.5, 0.6) is 0 Å². The molecule has 5 nitrogen and oxygen atoms in total. The second-order valence-electron chi connectivity index (χ2n) is 3.12. The van der Waals surface area contributed by atoms with Gasteiger partial charge in [0.25, 0.3) is 0 Å². The molecule has 2 aromatic rings. The molecule has 0 aliphatic rings. The van der Waals surface area contributed by atoms with Crippen LogP contribution in [0.25, 0.3) is 11.2 Å². The first kappa shape index (κ1) is 9.64. The number of aryl methyl sites for hydroxylation is 1. The van der Waals surface area contributed by atoms with Crippen molar-refractivity contribution in [3.8, 4) is 0 Å².